The average Bonchev–Trinajstić information content (AvgIpc) is 3.13. The third-order valence-electron chi connectivity index (χ3n) is 11.1. The van der Waals surface area contributed by atoms with Crippen molar-refractivity contribution in [1.82, 2.24) is 20.9 Å². The number of rotatable bonds is 19. The quantitative estimate of drug-likeness (QED) is 0.0514. The van der Waals surface area contributed by atoms with Crippen LogP contribution in [0.25, 0.3) is 0 Å². The summed E-state index contributed by atoms with van der Waals surface area (Å²) in [5.41, 5.74) is 28.0. The van der Waals surface area contributed by atoms with Crippen molar-refractivity contribution in [2.45, 2.75) is 120 Å². The number of hydrogen-bond donors (Lipinski definition) is 9. The number of nitrogens with zero attached hydrogens (tertiary/aromatic N) is 3. The maximum atomic E-state index is 14.2. The lowest BCUT2D eigenvalue weighted by Crippen LogP contribution is -2.64. The Bertz CT molecular complexity index is 1510. The molecular weight excluding hydrogens is 706 g/mol. The largest absolute Gasteiger partial charge is 0.508 e. The lowest BCUT2D eigenvalue weighted by atomic mass is 9.81. The van der Waals surface area contributed by atoms with E-state index in [9.17, 15) is 29.1 Å². The van der Waals surface area contributed by atoms with Gasteiger partial charge in [0.15, 0.2) is 11.9 Å². The van der Waals surface area contributed by atoms with Crippen LogP contribution in [0, 0.1) is 17.8 Å². The molecule has 0 aromatic heterocycles. The number of guanidine groups is 2. The summed E-state index contributed by atoms with van der Waals surface area (Å²) in [6, 6.07) is 2.45. The summed E-state index contributed by atoms with van der Waals surface area (Å²) in [7, 11) is 0. The number of phenolic OH excluding ortho intramolecular Hbond substituents is 1. The Kier molecular flexibility index (Phi) is 16.4. The van der Waals surface area contributed by atoms with Crippen LogP contribution >= 0.6 is 0 Å². The summed E-state index contributed by atoms with van der Waals surface area (Å²) in [5.74, 6) is -1.92. The fourth-order valence-corrected chi connectivity index (χ4v) is 7.80. The molecule has 17 nitrogen and oxygen atoms in total. The van der Waals surface area contributed by atoms with E-state index < -0.39 is 41.9 Å². The number of aromatic hydroxyl groups is 1. The number of phenols is 1. The molecule has 0 unspecified atom stereocenters. The highest BCUT2D eigenvalue weighted by Gasteiger charge is 2.43. The molecule has 2 saturated carbocycles. The van der Waals surface area contributed by atoms with Crippen LogP contribution in [0.5, 0.6) is 5.75 Å². The van der Waals surface area contributed by atoms with Crippen LogP contribution in [-0.2, 0) is 30.4 Å². The minimum atomic E-state index is -1.13. The molecule has 0 radical (unpaired) electrons. The fraction of sp³-hybridized carbons (Fsp3) is 0.658. The molecule has 1 aromatic rings. The van der Waals surface area contributed by atoms with E-state index in [0.717, 1.165) is 44.9 Å². The van der Waals surface area contributed by atoms with Gasteiger partial charge in [0.25, 0.3) is 0 Å². The van der Waals surface area contributed by atoms with E-state index in [1.165, 1.54) is 17.0 Å². The first-order valence-electron chi connectivity index (χ1n) is 19.7. The predicted molar refractivity (Wildman–Crippen MR) is 209 cm³/mol. The van der Waals surface area contributed by atoms with Crippen molar-refractivity contribution in [3.63, 3.8) is 0 Å². The predicted octanol–water partition coefficient (Wildman–Crippen LogP) is -0.0308. The van der Waals surface area contributed by atoms with Crippen LogP contribution in [0.1, 0.15) is 95.5 Å². The number of nitrogens with one attached hydrogen (secondary N) is 3. The summed E-state index contributed by atoms with van der Waals surface area (Å²) in [6.45, 7) is 1.22. The van der Waals surface area contributed by atoms with Gasteiger partial charge in [-0.1, -0.05) is 44.2 Å². The molecule has 17 heteroatoms. The third-order valence-corrected chi connectivity index (χ3v) is 11.1. The molecule has 0 spiro atoms. The first-order valence-corrected chi connectivity index (χ1v) is 19.7. The van der Waals surface area contributed by atoms with Gasteiger partial charge < -0.3 is 54.6 Å². The van der Waals surface area contributed by atoms with E-state index in [1.54, 1.807) is 12.1 Å². The van der Waals surface area contributed by atoms with Gasteiger partial charge in [-0.3, -0.25) is 34.0 Å². The summed E-state index contributed by atoms with van der Waals surface area (Å²) in [6.07, 6.45) is 10.5. The number of hydrogen-bond acceptors (Lipinski definition) is 8. The van der Waals surface area contributed by atoms with Gasteiger partial charge in [-0.2, -0.15) is 0 Å². The monoisotopic (exact) mass is 767 g/mol. The summed E-state index contributed by atoms with van der Waals surface area (Å²) >= 11 is 0. The van der Waals surface area contributed by atoms with E-state index in [1.807, 2.05) is 0 Å². The molecule has 3 aliphatic rings. The number of primary amides is 1. The van der Waals surface area contributed by atoms with E-state index in [4.69, 9.17) is 28.7 Å². The minimum absolute atomic E-state index is 0.0392. The van der Waals surface area contributed by atoms with Gasteiger partial charge in [0.2, 0.25) is 29.5 Å². The highest BCUT2D eigenvalue weighted by Crippen LogP contribution is 2.32. The molecule has 0 bridgehead atoms. The Labute approximate surface area is 323 Å². The Morgan fingerprint density at radius 3 is 1.98 bits per heavy atom. The first-order chi connectivity index (χ1) is 26.3. The van der Waals surface area contributed by atoms with E-state index in [2.05, 4.69) is 25.9 Å². The minimum Gasteiger partial charge on any atom is -0.508 e. The zero-order valence-corrected chi connectivity index (χ0v) is 31.8. The summed E-state index contributed by atoms with van der Waals surface area (Å²) < 4.78 is 0. The number of unbranched alkanes of at least 4 members (excludes halogenated alkanes) is 1. The van der Waals surface area contributed by atoms with Crippen molar-refractivity contribution < 1.29 is 29.1 Å². The van der Waals surface area contributed by atoms with Gasteiger partial charge in [0.1, 0.15) is 29.9 Å². The van der Waals surface area contributed by atoms with Crippen molar-refractivity contribution in [2.24, 2.45) is 56.4 Å². The van der Waals surface area contributed by atoms with Crippen LogP contribution in [0.2, 0.25) is 0 Å². The van der Waals surface area contributed by atoms with Crippen LogP contribution in [-0.4, -0.2) is 95.3 Å². The van der Waals surface area contributed by atoms with Crippen molar-refractivity contribution in [3.05, 3.63) is 29.8 Å². The van der Waals surface area contributed by atoms with Crippen LogP contribution in [0.15, 0.2) is 34.3 Å². The molecule has 5 amide bonds. The zero-order chi connectivity index (χ0) is 39.9. The fourth-order valence-electron chi connectivity index (χ4n) is 7.80. The van der Waals surface area contributed by atoms with Crippen LogP contribution in [0.3, 0.4) is 0 Å². The van der Waals surface area contributed by atoms with Crippen LogP contribution in [0.4, 0.5) is 0 Å². The number of amides is 5. The number of benzene rings is 1. The number of carbonyl (C=O) groups is 5. The van der Waals surface area contributed by atoms with E-state index in [0.29, 0.717) is 69.6 Å². The first kappa shape index (κ1) is 42.6. The standard InChI is InChI=1S/C38H61N11O6/c39-32(51)28(8-4-5-18-44-37(40)41)46-34(53)29(20-24-11-15-27(50)16-12-24)47-35(54)31-17-19-49(31)36(55)30(21-23-6-2-1-3-7-23)48-33(52)26-13-9-25(10-14-26)22-45-38(42)43/h11-12,15-16,23,25-26,28-31,50H,1-10,13-14,17-22H2,(H2,39,51)(H,46,53)(H,47,54)(H,48,52)(H4,40,41,44)(H4,42,43,45)/t25?,26?,28-,29-,30+,31+/m1/s1. The molecule has 1 saturated heterocycles. The van der Waals surface area contributed by atoms with Gasteiger partial charge in [-0.05, 0) is 87.3 Å². The second kappa shape index (κ2) is 21.1. The summed E-state index contributed by atoms with van der Waals surface area (Å²) in [4.78, 5) is 77.2. The molecule has 2 aliphatic carbocycles. The second-order valence-corrected chi connectivity index (χ2v) is 15.3. The third kappa shape index (κ3) is 13.6. The van der Waals surface area contributed by atoms with Crippen molar-refractivity contribution in [1.29, 1.82) is 0 Å². The highest BCUT2D eigenvalue weighted by molar-refractivity contribution is 5.96. The van der Waals surface area contributed by atoms with Gasteiger partial charge in [0.05, 0.1) is 0 Å². The van der Waals surface area contributed by atoms with Gasteiger partial charge in [-0.25, -0.2) is 0 Å². The molecule has 4 rings (SSSR count). The molecule has 4 atom stereocenters. The molecule has 3 fully saturated rings. The SMILES string of the molecule is NC(=O)[C@@H](CCCCN=C(N)N)NC(=O)[C@@H](Cc1ccc(O)cc1)NC(=O)[C@@H]1CCN1C(=O)[C@H](CC1CCCCC1)NC(=O)C1CCC(CN=C(N)N)CC1. The second-order valence-electron chi connectivity index (χ2n) is 15.3. The smallest absolute Gasteiger partial charge is 0.245 e. The maximum absolute atomic E-state index is 14.2. The van der Waals surface area contributed by atoms with Crippen molar-refractivity contribution >= 4 is 41.5 Å². The van der Waals surface area contributed by atoms with Gasteiger partial charge >= 0.3 is 0 Å². The van der Waals surface area contributed by atoms with E-state index in [-0.39, 0.29) is 54.2 Å². The highest BCUT2D eigenvalue weighted by atomic mass is 16.3. The van der Waals surface area contributed by atoms with E-state index >= 15 is 0 Å². The summed E-state index contributed by atoms with van der Waals surface area (Å²) in [5, 5.41) is 18.4. The Balaban J connectivity index is 1.43. The normalized spacial score (nSPS) is 21.5. The number of aliphatic imine (C=N–C) groups is 2. The number of carbonyl (C=O) groups excluding carboxylic acids is 5. The molecule has 1 heterocycles. The number of nitrogens with two attached hydrogens (primary N) is 5. The topological polar surface area (TPSA) is 300 Å². The molecule has 1 aromatic carbocycles. The van der Waals surface area contributed by atoms with Crippen molar-refractivity contribution in [3.8, 4) is 5.75 Å². The molecule has 14 N–H and O–H groups in total. The molecular formula is C38H61N11O6. The Morgan fingerprint density at radius 2 is 1.38 bits per heavy atom. The molecule has 1 aliphatic heterocycles. The zero-order valence-electron chi connectivity index (χ0n) is 31.8. The lowest BCUT2D eigenvalue weighted by molar-refractivity contribution is -0.151. The van der Waals surface area contributed by atoms with Crippen LogP contribution < -0.4 is 44.6 Å². The number of likely N-dealkylation sites (tertiary alicyclic amines) is 1. The maximum Gasteiger partial charge on any atom is 0.245 e. The van der Waals surface area contributed by atoms with Gasteiger partial charge in [0, 0.05) is 32.0 Å². The average molecular weight is 768 g/mol. The Hall–Kier alpha value is -5.09. The molecule has 55 heavy (non-hydrogen) atoms. The lowest BCUT2D eigenvalue weighted by Gasteiger charge is -2.43. The van der Waals surface area contributed by atoms with Crippen molar-refractivity contribution in [2.75, 3.05) is 19.6 Å². The molecule has 304 valence electrons. The Morgan fingerprint density at radius 1 is 0.727 bits per heavy atom. The van der Waals surface area contributed by atoms with Gasteiger partial charge in [-0.15, -0.1) is 0 Å².